The minimum atomic E-state index is -0.277. The molecule has 1 aliphatic heterocycles. The molecule has 0 aliphatic carbocycles. The molecule has 2 aromatic carbocycles. The zero-order valence-corrected chi connectivity index (χ0v) is 12.4. The number of aromatic nitrogens is 1. The van der Waals surface area contributed by atoms with Gasteiger partial charge < -0.3 is 4.98 Å². The Bertz CT molecular complexity index is 896. The summed E-state index contributed by atoms with van der Waals surface area (Å²) in [4.78, 5) is 7.76. The number of benzene rings is 2. The standard InChI is InChI=1S/C18H12ClFN2/c19-12-5-6-13-15(7-12)18(14-3-1-2-4-17(14)20)22-9-11-8-21-10-16(11)13/h1-8,10,21H,9H2. The van der Waals surface area contributed by atoms with Crippen molar-refractivity contribution in [1.82, 2.24) is 4.98 Å². The highest BCUT2D eigenvalue weighted by atomic mass is 35.5. The highest BCUT2D eigenvalue weighted by Crippen LogP contribution is 2.34. The van der Waals surface area contributed by atoms with Gasteiger partial charge in [0.15, 0.2) is 0 Å². The smallest absolute Gasteiger partial charge is 0.132 e. The Morgan fingerprint density at radius 1 is 0.955 bits per heavy atom. The Morgan fingerprint density at radius 3 is 2.68 bits per heavy atom. The summed E-state index contributed by atoms with van der Waals surface area (Å²) >= 11 is 6.17. The lowest BCUT2D eigenvalue weighted by Gasteiger charge is -2.11. The third-order valence-electron chi connectivity index (χ3n) is 3.89. The van der Waals surface area contributed by atoms with Crippen LogP contribution in [0.2, 0.25) is 5.02 Å². The maximum absolute atomic E-state index is 14.2. The van der Waals surface area contributed by atoms with E-state index < -0.39 is 0 Å². The Kier molecular flexibility index (Phi) is 3.09. The van der Waals surface area contributed by atoms with Gasteiger partial charge in [-0.1, -0.05) is 29.8 Å². The summed E-state index contributed by atoms with van der Waals surface area (Å²) in [6.45, 7) is 0.509. The van der Waals surface area contributed by atoms with Crippen LogP contribution in [0.4, 0.5) is 4.39 Å². The second-order valence-electron chi connectivity index (χ2n) is 5.23. The summed E-state index contributed by atoms with van der Waals surface area (Å²) in [7, 11) is 0. The number of hydrogen-bond acceptors (Lipinski definition) is 1. The van der Waals surface area contributed by atoms with Crippen molar-refractivity contribution in [3.8, 4) is 11.1 Å². The molecule has 22 heavy (non-hydrogen) atoms. The van der Waals surface area contributed by atoms with Crippen LogP contribution in [0.25, 0.3) is 11.1 Å². The summed E-state index contributed by atoms with van der Waals surface area (Å²) in [6, 6.07) is 12.4. The molecule has 2 nitrogen and oxygen atoms in total. The van der Waals surface area contributed by atoms with Gasteiger partial charge in [0.1, 0.15) is 5.82 Å². The molecular formula is C18H12ClFN2. The summed E-state index contributed by atoms with van der Waals surface area (Å²) in [5.41, 5.74) is 5.19. The lowest BCUT2D eigenvalue weighted by atomic mass is 9.94. The number of nitrogens with zero attached hydrogens (tertiary/aromatic N) is 1. The highest BCUT2D eigenvalue weighted by Gasteiger charge is 2.21. The topological polar surface area (TPSA) is 28.1 Å². The molecule has 4 heteroatoms. The first-order valence-electron chi connectivity index (χ1n) is 6.99. The van der Waals surface area contributed by atoms with Crippen molar-refractivity contribution in [3.05, 3.63) is 82.4 Å². The summed E-state index contributed by atoms with van der Waals surface area (Å²) in [5, 5.41) is 0.613. The maximum atomic E-state index is 14.2. The molecule has 0 spiro atoms. The van der Waals surface area contributed by atoms with Crippen LogP contribution in [0.1, 0.15) is 16.7 Å². The van der Waals surface area contributed by atoms with Crippen LogP contribution in [0, 0.1) is 5.82 Å². The molecule has 108 valence electrons. The van der Waals surface area contributed by atoms with E-state index in [0.29, 0.717) is 22.8 Å². The van der Waals surface area contributed by atoms with Crippen molar-refractivity contribution in [2.75, 3.05) is 0 Å². The van der Waals surface area contributed by atoms with E-state index in [9.17, 15) is 4.39 Å². The van der Waals surface area contributed by atoms with Gasteiger partial charge in [0, 0.05) is 34.1 Å². The first-order chi connectivity index (χ1) is 10.7. The minimum absolute atomic E-state index is 0.277. The lowest BCUT2D eigenvalue weighted by Crippen LogP contribution is -2.07. The number of H-pyrrole nitrogens is 1. The molecule has 0 bridgehead atoms. The Morgan fingerprint density at radius 2 is 1.82 bits per heavy atom. The summed E-state index contributed by atoms with van der Waals surface area (Å²) in [6.07, 6.45) is 3.88. The van der Waals surface area contributed by atoms with E-state index >= 15 is 0 Å². The number of fused-ring (bicyclic) bond motifs is 3. The number of nitrogens with one attached hydrogen (secondary N) is 1. The second-order valence-corrected chi connectivity index (χ2v) is 5.67. The zero-order valence-electron chi connectivity index (χ0n) is 11.6. The molecule has 1 N–H and O–H groups in total. The number of aromatic amines is 1. The Hall–Kier alpha value is -2.39. The van der Waals surface area contributed by atoms with E-state index in [-0.39, 0.29) is 5.82 Å². The van der Waals surface area contributed by atoms with Crippen LogP contribution >= 0.6 is 11.6 Å². The minimum Gasteiger partial charge on any atom is -0.367 e. The largest absolute Gasteiger partial charge is 0.367 e. The van der Waals surface area contributed by atoms with E-state index in [0.717, 1.165) is 22.3 Å². The fourth-order valence-corrected chi connectivity index (χ4v) is 3.03. The van der Waals surface area contributed by atoms with Crippen molar-refractivity contribution in [2.24, 2.45) is 4.99 Å². The fourth-order valence-electron chi connectivity index (χ4n) is 2.86. The monoisotopic (exact) mass is 310 g/mol. The molecular weight excluding hydrogens is 299 g/mol. The molecule has 0 radical (unpaired) electrons. The molecule has 0 saturated heterocycles. The molecule has 4 rings (SSSR count). The average Bonchev–Trinajstić information content (AvgIpc) is 2.92. The predicted molar refractivity (Wildman–Crippen MR) is 87.0 cm³/mol. The third kappa shape index (κ3) is 2.06. The van der Waals surface area contributed by atoms with Crippen LogP contribution in [0.15, 0.2) is 59.9 Å². The van der Waals surface area contributed by atoms with Gasteiger partial charge in [-0.15, -0.1) is 0 Å². The summed E-state index contributed by atoms with van der Waals surface area (Å²) in [5.74, 6) is -0.277. The quantitative estimate of drug-likeness (QED) is 0.667. The second kappa shape index (κ2) is 5.11. The highest BCUT2D eigenvalue weighted by molar-refractivity contribution is 6.31. The molecule has 2 heterocycles. The zero-order chi connectivity index (χ0) is 15.1. The number of hydrogen-bond donors (Lipinski definition) is 1. The molecule has 0 amide bonds. The van der Waals surface area contributed by atoms with Gasteiger partial charge >= 0.3 is 0 Å². The molecule has 0 atom stereocenters. The molecule has 1 aromatic heterocycles. The summed E-state index contributed by atoms with van der Waals surface area (Å²) < 4.78 is 14.2. The third-order valence-corrected chi connectivity index (χ3v) is 4.13. The van der Waals surface area contributed by atoms with Gasteiger partial charge in [-0.2, -0.15) is 0 Å². The van der Waals surface area contributed by atoms with E-state index in [1.807, 2.05) is 36.7 Å². The van der Waals surface area contributed by atoms with Crippen molar-refractivity contribution in [2.45, 2.75) is 6.54 Å². The lowest BCUT2D eigenvalue weighted by molar-refractivity contribution is 0.625. The van der Waals surface area contributed by atoms with Crippen LogP contribution < -0.4 is 0 Å². The molecule has 0 unspecified atom stereocenters. The molecule has 3 aromatic rings. The van der Waals surface area contributed by atoms with Gasteiger partial charge in [0.25, 0.3) is 0 Å². The number of aliphatic imine (C=N–C) groups is 1. The number of rotatable bonds is 1. The van der Waals surface area contributed by atoms with E-state index in [2.05, 4.69) is 9.98 Å². The van der Waals surface area contributed by atoms with Crippen molar-refractivity contribution in [3.63, 3.8) is 0 Å². The first kappa shape index (κ1) is 13.3. The van der Waals surface area contributed by atoms with Crippen molar-refractivity contribution >= 4 is 17.3 Å². The Balaban J connectivity index is 2.01. The van der Waals surface area contributed by atoms with E-state index in [4.69, 9.17) is 11.6 Å². The van der Waals surface area contributed by atoms with Gasteiger partial charge in [0.2, 0.25) is 0 Å². The van der Waals surface area contributed by atoms with Crippen LogP contribution in [-0.2, 0) is 6.54 Å². The van der Waals surface area contributed by atoms with E-state index in [1.54, 1.807) is 12.1 Å². The normalized spacial score (nSPS) is 13.1. The van der Waals surface area contributed by atoms with Gasteiger partial charge in [-0.25, -0.2) is 4.39 Å². The van der Waals surface area contributed by atoms with Crippen LogP contribution in [-0.4, -0.2) is 10.7 Å². The fraction of sp³-hybridized carbons (Fsp3) is 0.0556. The van der Waals surface area contributed by atoms with Gasteiger partial charge in [0.05, 0.1) is 12.3 Å². The average molecular weight is 311 g/mol. The SMILES string of the molecule is Fc1ccccc1C1=NCc2c[nH]cc2-c2ccc(Cl)cc21. The molecule has 0 saturated carbocycles. The van der Waals surface area contributed by atoms with Gasteiger partial charge in [-0.3, -0.25) is 4.99 Å². The van der Waals surface area contributed by atoms with Crippen LogP contribution in [0.5, 0.6) is 0 Å². The number of halogens is 2. The van der Waals surface area contributed by atoms with Crippen LogP contribution in [0.3, 0.4) is 0 Å². The molecule has 0 fully saturated rings. The van der Waals surface area contributed by atoms with Crippen molar-refractivity contribution < 1.29 is 4.39 Å². The van der Waals surface area contributed by atoms with Gasteiger partial charge in [-0.05, 0) is 35.4 Å². The predicted octanol–water partition coefficient (Wildman–Crippen LogP) is 4.83. The molecule has 1 aliphatic rings. The van der Waals surface area contributed by atoms with E-state index in [1.165, 1.54) is 6.07 Å². The van der Waals surface area contributed by atoms with Crippen molar-refractivity contribution in [1.29, 1.82) is 0 Å². The maximum Gasteiger partial charge on any atom is 0.132 e. The Labute approximate surface area is 132 Å². The first-order valence-corrected chi connectivity index (χ1v) is 7.37.